The second kappa shape index (κ2) is 8.04. The number of carboxylic acid groups (broad SMARTS) is 1. The van der Waals surface area contributed by atoms with E-state index < -0.39 is 29.7 Å². The predicted molar refractivity (Wildman–Crippen MR) is 99.0 cm³/mol. The second-order valence-corrected chi connectivity index (χ2v) is 7.57. The van der Waals surface area contributed by atoms with Gasteiger partial charge < -0.3 is 10.4 Å². The Bertz CT molecular complexity index is 835. The predicted octanol–water partition coefficient (Wildman–Crippen LogP) is 4.95. The molecule has 1 atom stereocenters. The van der Waals surface area contributed by atoms with Crippen LogP contribution in [0.2, 0.25) is 0 Å². The van der Waals surface area contributed by atoms with E-state index >= 15 is 0 Å². The van der Waals surface area contributed by atoms with Crippen LogP contribution < -0.4 is 5.32 Å². The van der Waals surface area contributed by atoms with Gasteiger partial charge in [0.05, 0.1) is 18.0 Å². The smallest absolute Gasteiger partial charge is 0.416 e. The summed E-state index contributed by atoms with van der Waals surface area (Å²) in [6.45, 7) is 6.13. The van der Waals surface area contributed by atoms with Crippen molar-refractivity contribution in [3.05, 3.63) is 70.8 Å². The summed E-state index contributed by atoms with van der Waals surface area (Å²) in [7, 11) is 0. The van der Waals surface area contributed by atoms with E-state index in [9.17, 15) is 22.8 Å². The zero-order chi connectivity index (χ0) is 21.1. The lowest BCUT2D eigenvalue weighted by atomic mass is 9.86. The first-order chi connectivity index (χ1) is 12.9. The Morgan fingerprint density at radius 3 is 1.86 bits per heavy atom. The van der Waals surface area contributed by atoms with Crippen molar-refractivity contribution in [1.82, 2.24) is 5.32 Å². The van der Waals surface area contributed by atoms with E-state index in [1.54, 1.807) is 12.1 Å². The van der Waals surface area contributed by atoms with Gasteiger partial charge in [0.1, 0.15) is 0 Å². The summed E-state index contributed by atoms with van der Waals surface area (Å²) >= 11 is 0. The number of halogens is 3. The van der Waals surface area contributed by atoms with Gasteiger partial charge in [-0.15, -0.1) is 0 Å². The molecular formula is C21H22F3NO3. The zero-order valence-electron chi connectivity index (χ0n) is 15.8. The van der Waals surface area contributed by atoms with Gasteiger partial charge in [-0.25, -0.2) is 0 Å². The minimum absolute atomic E-state index is 0.0229. The lowest BCUT2D eigenvalue weighted by Gasteiger charge is -2.22. The third-order valence-electron chi connectivity index (χ3n) is 4.34. The fourth-order valence-corrected chi connectivity index (χ4v) is 2.69. The molecule has 0 bridgehead atoms. The molecule has 4 nitrogen and oxygen atoms in total. The number of amides is 1. The SMILES string of the molecule is CC(C)(C)c1ccc(C(CC(=O)O)NC(=O)c2ccc(C(F)(F)F)cc2)cc1. The number of carbonyl (C=O) groups excluding carboxylic acids is 1. The number of carbonyl (C=O) groups is 2. The first kappa shape index (κ1) is 21.5. The molecule has 1 amide bonds. The molecule has 0 aliphatic rings. The molecule has 7 heteroatoms. The highest BCUT2D eigenvalue weighted by Crippen LogP contribution is 2.29. The molecule has 0 aromatic heterocycles. The molecule has 0 saturated carbocycles. The summed E-state index contributed by atoms with van der Waals surface area (Å²) in [5.41, 5.74) is 0.748. The number of hydrogen-bond donors (Lipinski definition) is 2. The summed E-state index contributed by atoms with van der Waals surface area (Å²) < 4.78 is 37.9. The van der Waals surface area contributed by atoms with Crippen LogP contribution in [0.3, 0.4) is 0 Å². The molecule has 0 aliphatic carbocycles. The summed E-state index contributed by atoms with van der Waals surface area (Å²) in [5.74, 6) is -1.74. The van der Waals surface area contributed by atoms with Gasteiger partial charge in [-0.1, -0.05) is 45.0 Å². The molecular weight excluding hydrogens is 371 g/mol. The van der Waals surface area contributed by atoms with Gasteiger partial charge in [0.2, 0.25) is 0 Å². The van der Waals surface area contributed by atoms with Crippen molar-refractivity contribution in [2.24, 2.45) is 0 Å². The largest absolute Gasteiger partial charge is 0.481 e. The number of aliphatic carboxylic acids is 1. The lowest BCUT2D eigenvalue weighted by Crippen LogP contribution is -2.30. The Morgan fingerprint density at radius 1 is 0.929 bits per heavy atom. The number of rotatable bonds is 5. The van der Waals surface area contributed by atoms with Gasteiger partial charge in [-0.3, -0.25) is 9.59 Å². The van der Waals surface area contributed by atoms with E-state index in [0.717, 1.165) is 29.8 Å². The van der Waals surface area contributed by atoms with E-state index in [1.807, 2.05) is 32.9 Å². The molecule has 0 fully saturated rings. The van der Waals surface area contributed by atoms with Gasteiger partial charge in [0, 0.05) is 5.56 Å². The number of carboxylic acids is 1. The molecule has 0 heterocycles. The molecule has 1 unspecified atom stereocenters. The van der Waals surface area contributed by atoms with Crippen LogP contribution in [0.1, 0.15) is 60.3 Å². The summed E-state index contributed by atoms with van der Waals surface area (Å²) in [5, 5.41) is 11.8. The molecule has 0 radical (unpaired) electrons. The number of benzene rings is 2. The van der Waals surface area contributed by atoms with Crippen LogP contribution in [0.15, 0.2) is 48.5 Å². The molecule has 2 aromatic carbocycles. The van der Waals surface area contributed by atoms with Crippen molar-refractivity contribution in [3.8, 4) is 0 Å². The highest BCUT2D eigenvalue weighted by atomic mass is 19.4. The maximum absolute atomic E-state index is 12.6. The first-order valence-electron chi connectivity index (χ1n) is 8.68. The monoisotopic (exact) mass is 393 g/mol. The highest BCUT2D eigenvalue weighted by Gasteiger charge is 2.30. The number of nitrogens with one attached hydrogen (secondary N) is 1. The van der Waals surface area contributed by atoms with Crippen molar-refractivity contribution < 1.29 is 27.9 Å². The Kier molecular flexibility index (Phi) is 6.17. The molecule has 2 aromatic rings. The Labute approximate surface area is 161 Å². The van der Waals surface area contributed by atoms with Crippen LogP contribution in [0.4, 0.5) is 13.2 Å². The van der Waals surface area contributed by atoms with Crippen LogP contribution in [0.25, 0.3) is 0 Å². The van der Waals surface area contributed by atoms with Crippen molar-refractivity contribution in [2.75, 3.05) is 0 Å². The first-order valence-corrected chi connectivity index (χ1v) is 8.68. The summed E-state index contributed by atoms with van der Waals surface area (Å²) in [6, 6.07) is 10.2. The van der Waals surface area contributed by atoms with Gasteiger partial charge >= 0.3 is 12.1 Å². The minimum atomic E-state index is -4.49. The van der Waals surface area contributed by atoms with Crippen LogP contribution in [0, 0.1) is 0 Å². The maximum Gasteiger partial charge on any atom is 0.416 e. The van der Waals surface area contributed by atoms with E-state index in [4.69, 9.17) is 5.11 Å². The fourth-order valence-electron chi connectivity index (χ4n) is 2.69. The molecule has 0 saturated heterocycles. The van der Waals surface area contributed by atoms with Crippen LogP contribution >= 0.6 is 0 Å². The zero-order valence-corrected chi connectivity index (χ0v) is 15.8. The molecule has 2 rings (SSSR count). The van der Waals surface area contributed by atoms with E-state index in [1.165, 1.54) is 0 Å². The van der Waals surface area contributed by atoms with Gasteiger partial charge in [-0.2, -0.15) is 13.2 Å². The van der Waals surface area contributed by atoms with Crippen molar-refractivity contribution in [3.63, 3.8) is 0 Å². The summed E-state index contributed by atoms with van der Waals surface area (Å²) in [6.07, 6.45) is -4.84. The quantitative estimate of drug-likeness (QED) is 0.755. The van der Waals surface area contributed by atoms with Gasteiger partial charge in [0.25, 0.3) is 5.91 Å². The van der Waals surface area contributed by atoms with E-state index in [0.29, 0.717) is 5.56 Å². The molecule has 150 valence electrons. The van der Waals surface area contributed by atoms with Crippen molar-refractivity contribution in [2.45, 2.75) is 44.8 Å². The summed E-state index contributed by atoms with van der Waals surface area (Å²) in [4.78, 5) is 23.6. The van der Waals surface area contributed by atoms with Crippen molar-refractivity contribution >= 4 is 11.9 Å². The van der Waals surface area contributed by atoms with E-state index in [2.05, 4.69) is 5.32 Å². The third-order valence-corrected chi connectivity index (χ3v) is 4.34. The van der Waals surface area contributed by atoms with Crippen LogP contribution in [0.5, 0.6) is 0 Å². The highest BCUT2D eigenvalue weighted by molar-refractivity contribution is 5.94. The fraction of sp³-hybridized carbons (Fsp3) is 0.333. The molecule has 0 aliphatic heterocycles. The maximum atomic E-state index is 12.6. The van der Waals surface area contributed by atoms with Crippen LogP contribution in [-0.4, -0.2) is 17.0 Å². The Balaban J connectivity index is 2.22. The topological polar surface area (TPSA) is 66.4 Å². The molecule has 28 heavy (non-hydrogen) atoms. The average molecular weight is 393 g/mol. The second-order valence-electron chi connectivity index (χ2n) is 7.57. The standard InChI is InChI=1S/C21H22F3NO3/c1-20(2,3)15-8-4-13(5-9-15)17(12-18(26)27)25-19(28)14-6-10-16(11-7-14)21(22,23)24/h4-11,17H,12H2,1-3H3,(H,25,28)(H,26,27). The Hall–Kier alpha value is -2.83. The van der Waals surface area contributed by atoms with E-state index in [-0.39, 0.29) is 17.4 Å². The average Bonchev–Trinajstić information content (AvgIpc) is 2.59. The minimum Gasteiger partial charge on any atom is -0.481 e. The van der Waals surface area contributed by atoms with Gasteiger partial charge in [0.15, 0.2) is 0 Å². The number of alkyl halides is 3. The Morgan fingerprint density at radius 2 is 1.43 bits per heavy atom. The van der Waals surface area contributed by atoms with Gasteiger partial charge in [-0.05, 0) is 40.8 Å². The lowest BCUT2D eigenvalue weighted by molar-refractivity contribution is -0.138. The van der Waals surface area contributed by atoms with Crippen LogP contribution in [-0.2, 0) is 16.4 Å². The molecule has 0 spiro atoms. The third kappa shape index (κ3) is 5.58. The normalized spacial score (nSPS) is 13.1. The number of hydrogen-bond acceptors (Lipinski definition) is 2. The van der Waals surface area contributed by atoms with Crippen molar-refractivity contribution in [1.29, 1.82) is 0 Å². The molecule has 2 N–H and O–H groups in total.